The maximum absolute atomic E-state index is 3.47. The van der Waals surface area contributed by atoms with E-state index in [1.165, 1.54) is 44.2 Å². The highest BCUT2D eigenvalue weighted by Crippen LogP contribution is 2.34. The molecule has 3 rings (SSSR count). The molecule has 1 saturated carbocycles. The number of hydrogen-bond donors (Lipinski definition) is 1. The van der Waals surface area contributed by atoms with E-state index in [1.54, 1.807) is 11.1 Å². The van der Waals surface area contributed by atoms with Crippen LogP contribution in [0.2, 0.25) is 0 Å². The van der Waals surface area contributed by atoms with Gasteiger partial charge >= 0.3 is 0 Å². The van der Waals surface area contributed by atoms with Gasteiger partial charge in [0.1, 0.15) is 0 Å². The highest BCUT2D eigenvalue weighted by Gasteiger charge is 2.28. The van der Waals surface area contributed by atoms with Crippen LogP contribution in [0.3, 0.4) is 0 Å². The van der Waals surface area contributed by atoms with Gasteiger partial charge in [0.2, 0.25) is 0 Å². The van der Waals surface area contributed by atoms with Crippen LogP contribution in [-0.4, -0.2) is 12.6 Å². The van der Waals surface area contributed by atoms with Crippen molar-refractivity contribution >= 4 is 5.57 Å². The molecule has 1 aromatic rings. The smallest absolute Gasteiger partial charge is 0.0453 e. The lowest BCUT2D eigenvalue weighted by Gasteiger charge is -2.19. The van der Waals surface area contributed by atoms with Crippen LogP contribution >= 0.6 is 0 Å². The zero-order chi connectivity index (χ0) is 10.8. The van der Waals surface area contributed by atoms with Gasteiger partial charge in [-0.3, -0.25) is 0 Å². The predicted molar refractivity (Wildman–Crippen MR) is 68.2 cm³/mol. The monoisotopic (exact) mass is 213 g/mol. The summed E-state index contributed by atoms with van der Waals surface area (Å²) in [4.78, 5) is 0. The minimum absolute atomic E-state index is 0.649. The molecule has 1 unspecified atom stereocenters. The fourth-order valence-corrected chi connectivity index (χ4v) is 2.78. The van der Waals surface area contributed by atoms with Gasteiger partial charge in [-0.25, -0.2) is 0 Å². The number of allylic oxidation sites excluding steroid dienone is 1. The van der Waals surface area contributed by atoms with Crippen LogP contribution < -0.4 is 5.32 Å². The second-order valence-electron chi connectivity index (χ2n) is 4.90. The van der Waals surface area contributed by atoms with Crippen LogP contribution in [0.4, 0.5) is 0 Å². The molecule has 1 aliphatic heterocycles. The average molecular weight is 213 g/mol. The van der Waals surface area contributed by atoms with Crippen molar-refractivity contribution in [3.63, 3.8) is 0 Å². The van der Waals surface area contributed by atoms with Gasteiger partial charge in [-0.2, -0.15) is 0 Å². The summed E-state index contributed by atoms with van der Waals surface area (Å²) in [6.45, 7) is 1.17. The summed E-state index contributed by atoms with van der Waals surface area (Å²) in [5.74, 6) is 0. The molecule has 1 aliphatic carbocycles. The van der Waals surface area contributed by atoms with E-state index in [1.807, 2.05) is 0 Å². The van der Waals surface area contributed by atoms with E-state index < -0.39 is 0 Å². The first-order valence-corrected chi connectivity index (χ1v) is 6.46. The molecular formula is C15H19N. The van der Waals surface area contributed by atoms with Crippen LogP contribution in [-0.2, 0) is 0 Å². The SMILES string of the molecule is c1ccc(C(=C2CCCCC2)C2CN2)cc1. The van der Waals surface area contributed by atoms with Gasteiger partial charge in [0.05, 0.1) is 0 Å². The Hall–Kier alpha value is -1.08. The molecule has 1 saturated heterocycles. The molecule has 2 fully saturated rings. The Bertz CT molecular complexity index is 379. The van der Waals surface area contributed by atoms with Crippen molar-refractivity contribution in [1.29, 1.82) is 0 Å². The van der Waals surface area contributed by atoms with E-state index >= 15 is 0 Å². The van der Waals surface area contributed by atoms with Crippen LogP contribution in [0.5, 0.6) is 0 Å². The molecule has 1 N–H and O–H groups in total. The van der Waals surface area contributed by atoms with Crippen LogP contribution in [0.15, 0.2) is 35.9 Å². The minimum Gasteiger partial charge on any atom is -0.307 e. The van der Waals surface area contributed by atoms with Crippen molar-refractivity contribution in [2.75, 3.05) is 6.54 Å². The first-order chi connectivity index (χ1) is 7.95. The van der Waals surface area contributed by atoms with Gasteiger partial charge in [0.25, 0.3) is 0 Å². The Labute approximate surface area is 97.6 Å². The quantitative estimate of drug-likeness (QED) is 0.747. The number of benzene rings is 1. The van der Waals surface area contributed by atoms with Crippen molar-refractivity contribution in [2.45, 2.75) is 38.1 Å². The molecule has 16 heavy (non-hydrogen) atoms. The highest BCUT2D eigenvalue weighted by atomic mass is 15.1. The molecule has 1 aromatic carbocycles. The zero-order valence-electron chi connectivity index (χ0n) is 9.71. The Morgan fingerprint density at radius 1 is 1.00 bits per heavy atom. The Balaban J connectivity index is 1.97. The van der Waals surface area contributed by atoms with Crippen LogP contribution in [0.25, 0.3) is 5.57 Å². The van der Waals surface area contributed by atoms with Gasteiger partial charge in [0, 0.05) is 12.6 Å². The molecule has 0 bridgehead atoms. The molecule has 2 aliphatic rings. The first kappa shape index (κ1) is 10.1. The summed E-state index contributed by atoms with van der Waals surface area (Å²) in [6, 6.07) is 11.6. The van der Waals surface area contributed by atoms with Crippen molar-refractivity contribution in [1.82, 2.24) is 5.32 Å². The second kappa shape index (κ2) is 4.42. The van der Waals surface area contributed by atoms with Crippen LogP contribution in [0, 0.1) is 0 Å². The predicted octanol–water partition coefficient (Wildman–Crippen LogP) is 3.38. The number of rotatable bonds is 2. The second-order valence-corrected chi connectivity index (χ2v) is 4.90. The standard InChI is InChI=1S/C15H19N/c1-3-7-12(8-4-1)15(14-11-16-14)13-9-5-2-6-10-13/h1,3-4,7-8,14,16H,2,5-6,9-11H2. The summed E-state index contributed by atoms with van der Waals surface area (Å²) >= 11 is 0. The van der Waals surface area contributed by atoms with Gasteiger partial charge < -0.3 is 5.32 Å². The zero-order valence-corrected chi connectivity index (χ0v) is 9.71. The molecular weight excluding hydrogens is 194 g/mol. The lowest BCUT2D eigenvalue weighted by Crippen LogP contribution is -2.04. The van der Waals surface area contributed by atoms with E-state index in [-0.39, 0.29) is 0 Å². The van der Waals surface area contributed by atoms with Gasteiger partial charge in [-0.05, 0) is 36.8 Å². The van der Waals surface area contributed by atoms with E-state index in [0.717, 1.165) is 0 Å². The fraction of sp³-hybridized carbons (Fsp3) is 0.467. The topological polar surface area (TPSA) is 21.9 Å². The lowest BCUT2D eigenvalue weighted by atomic mass is 9.87. The normalized spacial score (nSPS) is 24.2. The summed E-state index contributed by atoms with van der Waals surface area (Å²) in [5.41, 5.74) is 4.77. The van der Waals surface area contributed by atoms with E-state index in [4.69, 9.17) is 0 Å². The van der Waals surface area contributed by atoms with Gasteiger partial charge in [-0.15, -0.1) is 0 Å². The molecule has 0 radical (unpaired) electrons. The molecule has 1 atom stereocenters. The highest BCUT2D eigenvalue weighted by molar-refractivity contribution is 5.75. The molecule has 0 aromatic heterocycles. The number of nitrogens with one attached hydrogen (secondary N) is 1. The maximum atomic E-state index is 3.47. The summed E-state index contributed by atoms with van der Waals surface area (Å²) in [7, 11) is 0. The molecule has 1 nitrogen and oxygen atoms in total. The summed E-state index contributed by atoms with van der Waals surface area (Å²) < 4.78 is 0. The Kier molecular flexibility index (Phi) is 2.79. The third kappa shape index (κ3) is 2.05. The average Bonchev–Trinajstić information content (AvgIpc) is 3.17. The Morgan fingerprint density at radius 2 is 1.69 bits per heavy atom. The fourth-order valence-electron chi connectivity index (χ4n) is 2.78. The lowest BCUT2D eigenvalue weighted by molar-refractivity contribution is 0.599. The van der Waals surface area contributed by atoms with Gasteiger partial charge in [0.15, 0.2) is 0 Å². The summed E-state index contributed by atoms with van der Waals surface area (Å²) in [6.07, 6.45) is 6.84. The molecule has 1 heterocycles. The molecule has 0 spiro atoms. The van der Waals surface area contributed by atoms with Crippen molar-refractivity contribution in [3.8, 4) is 0 Å². The van der Waals surface area contributed by atoms with E-state index in [0.29, 0.717) is 6.04 Å². The van der Waals surface area contributed by atoms with Gasteiger partial charge in [-0.1, -0.05) is 42.3 Å². The maximum Gasteiger partial charge on any atom is 0.0453 e. The Morgan fingerprint density at radius 3 is 2.31 bits per heavy atom. The molecule has 84 valence electrons. The summed E-state index contributed by atoms with van der Waals surface area (Å²) in [5, 5.41) is 3.47. The number of hydrogen-bond acceptors (Lipinski definition) is 1. The largest absolute Gasteiger partial charge is 0.307 e. The molecule has 1 heteroatoms. The first-order valence-electron chi connectivity index (χ1n) is 6.46. The third-order valence-corrected chi connectivity index (χ3v) is 3.68. The van der Waals surface area contributed by atoms with Crippen molar-refractivity contribution in [2.24, 2.45) is 0 Å². The van der Waals surface area contributed by atoms with E-state index in [9.17, 15) is 0 Å². The van der Waals surface area contributed by atoms with E-state index in [2.05, 4.69) is 35.6 Å². The van der Waals surface area contributed by atoms with Crippen molar-refractivity contribution in [3.05, 3.63) is 41.5 Å². The van der Waals surface area contributed by atoms with Crippen molar-refractivity contribution < 1.29 is 0 Å². The third-order valence-electron chi connectivity index (χ3n) is 3.68. The molecule has 0 amide bonds. The van der Waals surface area contributed by atoms with Crippen LogP contribution in [0.1, 0.15) is 37.7 Å². The minimum atomic E-state index is 0.649.